The van der Waals surface area contributed by atoms with Gasteiger partial charge in [0.05, 0.1) is 18.1 Å². The van der Waals surface area contributed by atoms with Crippen molar-refractivity contribution in [2.45, 2.75) is 25.4 Å². The molecule has 33 heavy (non-hydrogen) atoms. The van der Waals surface area contributed by atoms with Gasteiger partial charge in [-0.15, -0.1) is 0 Å². The number of hydrogen-bond donors (Lipinski definition) is 2. The minimum Gasteiger partial charge on any atom is -0.489 e. The second kappa shape index (κ2) is 11.2. The number of carbonyl (C=O) groups is 2. The van der Waals surface area contributed by atoms with Gasteiger partial charge >= 0.3 is 0 Å². The Labute approximate surface area is 191 Å². The van der Waals surface area contributed by atoms with Gasteiger partial charge in [-0.2, -0.15) is 0 Å². The van der Waals surface area contributed by atoms with E-state index in [4.69, 9.17) is 18.6 Å². The summed E-state index contributed by atoms with van der Waals surface area (Å²) in [6, 6.07) is 17.3. The molecule has 3 aromatic rings. The van der Waals surface area contributed by atoms with E-state index in [1.54, 1.807) is 42.5 Å². The summed E-state index contributed by atoms with van der Waals surface area (Å²) in [5, 5.41) is 5.54. The first-order valence-electron chi connectivity index (χ1n) is 10.9. The van der Waals surface area contributed by atoms with Crippen LogP contribution in [0.1, 0.15) is 29.8 Å². The van der Waals surface area contributed by atoms with Gasteiger partial charge in [-0.3, -0.25) is 9.59 Å². The van der Waals surface area contributed by atoms with Crippen LogP contribution in [0, 0.1) is 0 Å². The highest BCUT2D eigenvalue weighted by atomic mass is 16.5. The third kappa shape index (κ3) is 6.60. The number of furan rings is 1. The predicted molar refractivity (Wildman–Crippen MR) is 123 cm³/mol. The van der Waals surface area contributed by atoms with Gasteiger partial charge in [-0.25, -0.2) is 0 Å². The molecule has 1 aliphatic rings. The Balaban J connectivity index is 1.28. The molecule has 8 heteroatoms. The van der Waals surface area contributed by atoms with Crippen molar-refractivity contribution in [3.05, 3.63) is 72.7 Å². The summed E-state index contributed by atoms with van der Waals surface area (Å²) in [5.74, 6) is 0.538. The lowest BCUT2D eigenvalue weighted by atomic mass is 10.1. The molecule has 1 atom stereocenters. The van der Waals surface area contributed by atoms with E-state index in [1.807, 2.05) is 18.2 Å². The van der Waals surface area contributed by atoms with Crippen LogP contribution in [-0.4, -0.2) is 37.7 Å². The van der Waals surface area contributed by atoms with Crippen LogP contribution in [0.2, 0.25) is 0 Å². The molecule has 0 radical (unpaired) electrons. The number of hydrogen-bond acceptors (Lipinski definition) is 6. The Hall–Kier alpha value is -3.78. The number of rotatable bonds is 9. The van der Waals surface area contributed by atoms with Gasteiger partial charge < -0.3 is 29.3 Å². The molecule has 0 bridgehead atoms. The minimum absolute atomic E-state index is 0.0754. The van der Waals surface area contributed by atoms with Crippen LogP contribution in [0.15, 0.2) is 71.3 Å². The first-order valence-corrected chi connectivity index (χ1v) is 10.9. The first kappa shape index (κ1) is 22.4. The zero-order chi connectivity index (χ0) is 22.9. The summed E-state index contributed by atoms with van der Waals surface area (Å²) in [6.07, 6.45) is 4.70. The van der Waals surface area contributed by atoms with Crippen LogP contribution in [0.5, 0.6) is 11.5 Å². The average Bonchev–Trinajstić information content (AvgIpc) is 3.39. The molecule has 2 heterocycles. The molecule has 8 nitrogen and oxygen atoms in total. The molecule has 1 aliphatic heterocycles. The predicted octanol–water partition coefficient (Wildman–Crippen LogP) is 4.50. The fourth-order valence-electron chi connectivity index (χ4n) is 3.42. The number of anilines is 2. The number of ether oxygens (including phenoxy) is 3. The first-order chi connectivity index (χ1) is 16.2. The molecule has 0 saturated carbocycles. The number of carbonyl (C=O) groups excluding carboxylic acids is 2. The average molecular weight is 450 g/mol. The number of nitrogens with one attached hydrogen (secondary N) is 2. The van der Waals surface area contributed by atoms with Crippen molar-refractivity contribution in [1.29, 1.82) is 0 Å². The number of benzene rings is 2. The van der Waals surface area contributed by atoms with Crippen molar-refractivity contribution in [3.8, 4) is 11.5 Å². The maximum absolute atomic E-state index is 12.5. The molecule has 172 valence electrons. The fraction of sp³-hybridized carbons (Fsp3) is 0.280. The molecule has 0 spiro atoms. The topological polar surface area (TPSA) is 99.0 Å². The Morgan fingerprint density at radius 1 is 0.970 bits per heavy atom. The molecule has 1 unspecified atom stereocenters. The van der Waals surface area contributed by atoms with Crippen LogP contribution in [0.3, 0.4) is 0 Å². The second-order valence-electron chi connectivity index (χ2n) is 7.59. The maximum Gasteiger partial charge on any atom is 0.291 e. The Morgan fingerprint density at radius 3 is 2.70 bits per heavy atom. The fourth-order valence-corrected chi connectivity index (χ4v) is 3.42. The monoisotopic (exact) mass is 450 g/mol. The van der Waals surface area contributed by atoms with E-state index in [2.05, 4.69) is 10.6 Å². The van der Waals surface area contributed by atoms with E-state index in [-0.39, 0.29) is 30.3 Å². The number of amides is 2. The zero-order valence-electron chi connectivity index (χ0n) is 18.1. The molecule has 2 amide bonds. The van der Waals surface area contributed by atoms with Gasteiger partial charge in [0.1, 0.15) is 18.1 Å². The van der Waals surface area contributed by atoms with Gasteiger partial charge in [0.25, 0.3) is 11.8 Å². The largest absolute Gasteiger partial charge is 0.489 e. The van der Waals surface area contributed by atoms with Crippen LogP contribution in [0.25, 0.3) is 0 Å². The molecule has 1 fully saturated rings. The molecular formula is C25H26N2O6. The molecule has 1 aromatic heterocycles. The Bertz CT molecular complexity index is 1060. The van der Waals surface area contributed by atoms with E-state index in [1.165, 1.54) is 6.26 Å². The van der Waals surface area contributed by atoms with E-state index in [0.717, 1.165) is 25.9 Å². The van der Waals surface area contributed by atoms with Crippen molar-refractivity contribution in [2.24, 2.45) is 0 Å². The summed E-state index contributed by atoms with van der Waals surface area (Å²) in [4.78, 5) is 24.6. The quantitative estimate of drug-likeness (QED) is 0.498. The molecule has 2 aromatic carbocycles. The standard InChI is InChI=1S/C25H26N2O6/c28-24(27-21-10-1-2-11-22(21)33-16-20-8-3-4-13-30-20)17-32-19-9-5-7-18(15-19)26-25(29)23-12-6-14-31-23/h1-2,5-7,9-12,14-15,20H,3-4,8,13,16-17H2,(H,26,29)(H,27,28). The van der Waals surface area contributed by atoms with Gasteiger partial charge in [-0.05, 0) is 55.7 Å². The van der Waals surface area contributed by atoms with Crippen molar-refractivity contribution in [2.75, 3.05) is 30.5 Å². The lowest BCUT2D eigenvalue weighted by Gasteiger charge is -2.23. The van der Waals surface area contributed by atoms with Crippen LogP contribution >= 0.6 is 0 Å². The third-order valence-corrected chi connectivity index (χ3v) is 5.07. The van der Waals surface area contributed by atoms with Gasteiger partial charge in [-0.1, -0.05) is 18.2 Å². The van der Waals surface area contributed by atoms with Crippen molar-refractivity contribution in [3.63, 3.8) is 0 Å². The SMILES string of the molecule is O=C(COc1cccc(NC(=O)c2ccco2)c1)Nc1ccccc1OCC1CCCCO1. The van der Waals surface area contributed by atoms with Crippen LogP contribution in [-0.2, 0) is 9.53 Å². The molecule has 2 N–H and O–H groups in total. The van der Waals surface area contributed by atoms with E-state index < -0.39 is 0 Å². The number of para-hydroxylation sites is 2. The Kier molecular flexibility index (Phi) is 7.60. The highest BCUT2D eigenvalue weighted by molar-refractivity contribution is 6.02. The Morgan fingerprint density at radius 2 is 1.88 bits per heavy atom. The van der Waals surface area contributed by atoms with Crippen LogP contribution in [0.4, 0.5) is 11.4 Å². The second-order valence-corrected chi connectivity index (χ2v) is 7.59. The van der Waals surface area contributed by atoms with Gasteiger partial charge in [0.15, 0.2) is 12.4 Å². The summed E-state index contributed by atoms with van der Waals surface area (Å²) in [7, 11) is 0. The van der Waals surface area contributed by atoms with Crippen molar-refractivity contribution in [1.82, 2.24) is 0 Å². The molecule has 0 aliphatic carbocycles. The summed E-state index contributed by atoms with van der Waals surface area (Å²) in [5.41, 5.74) is 1.10. The zero-order valence-corrected chi connectivity index (χ0v) is 18.1. The van der Waals surface area contributed by atoms with Gasteiger partial charge in [0.2, 0.25) is 0 Å². The van der Waals surface area contributed by atoms with E-state index >= 15 is 0 Å². The maximum atomic E-state index is 12.5. The minimum atomic E-state index is -0.370. The highest BCUT2D eigenvalue weighted by Crippen LogP contribution is 2.25. The summed E-state index contributed by atoms with van der Waals surface area (Å²) in [6.45, 7) is 1.01. The summed E-state index contributed by atoms with van der Waals surface area (Å²) < 4.78 is 22.3. The molecular weight excluding hydrogens is 424 g/mol. The van der Waals surface area contributed by atoms with Crippen LogP contribution < -0.4 is 20.1 Å². The summed E-state index contributed by atoms with van der Waals surface area (Å²) >= 11 is 0. The highest BCUT2D eigenvalue weighted by Gasteiger charge is 2.16. The third-order valence-electron chi connectivity index (χ3n) is 5.07. The lowest BCUT2D eigenvalue weighted by Crippen LogP contribution is -2.26. The normalized spacial score (nSPS) is 15.5. The smallest absolute Gasteiger partial charge is 0.291 e. The van der Waals surface area contributed by atoms with E-state index in [9.17, 15) is 9.59 Å². The molecule has 4 rings (SSSR count). The van der Waals surface area contributed by atoms with Crippen molar-refractivity contribution < 1.29 is 28.2 Å². The van der Waals surface area contributed by atoms with E-state index in [0.29, 0.717) is 29.5 Å². The lowest BCUT2D eigenvalue weighted by molar-refractivity contribution is -0.118. The van der Waals surface area contributed by atoms with Gasteiger partial charge in [0, 0.05) is 18.4 Å². The van der Waals surface area contributed by atoms with Crippen molar-refractivity contribution >= 4 is 23.2 Å². The molecule has 1 saturated heterocycles.